The molecule has 0 aromatic heterocycles. The van der Waals surface area contributed by atoms with Crippen LogP contribution in [0.25, 0.3) is 5.76 Å². The van der Waals surface area contributed by atoms with Crippen LogP contribution in [0, 0.1) is 6.92 Å². The average Bonchev–Trinajstić information content (AvgIpc) is 3.16. The number of Topliss-reactive ketones (excluding diaryl/α,β-unsaturated/α-hetero) is 1. The molecule has 212 valence electrons. The van der Waals surface area contributed by atoms with Crippen molar-refractivity contribution in [3.8, 4) is 23.0 Å². The molecule has 0 aliphatic carbocycles. The number of aliphatic hydroxyl groups is 1. The average molecular weight is 541 g/mol. The number of carbonyl (C=O) groups excluding carboxylic acids is 2. The fraction of sp³-hybridized carbons (Fsp3) is 0.467. The van der Waals surface area contributed by atoms with Gasteiger partial charge in [-0.05, 0) is 80.9 Å². The molecule has 0 radical (unpaired) electrons. The number of aryl methyl sites for hydroxylation is 1. The van der Waals surface area contributed by atoms with Crippen LogP contribution in [0.2, 0.25) is 0 Å². The maximum atomic E-state index is 13.6. The Morgan fingerprint density at radius 2 is 1.54 bits per heavy atom. The molecule has 1 fully saturated rings. The standard InChI is InChI=1S/C30H40N2O7/c1-17(2)20-16-21(18(3)13-22(20)36-6)27(33)25-26(32(30(35)28(25)34)12-10-11-31(4)5)19-14-23(37-7)29(39-9)24(15-19)38-8/h13-17,26,33H,10-12H2,1-9H3/b27-25+. The van der Waals surface area contributed by atoms with Crippen LogP contribution < -0.4 is 18.9 Å². The Balaban J connectivity index is 2.30. The van der Waals surface area contributed by atoms with Crippen LogP contribution in [-0.2, 0) is 9.59 Å². The number of amides is 1. The number of likely N-dealkylation sites (tertiary alicyclic amines) is 1. The Bertz CT molecular complexity index is 1240. The molecule has 2 aromatic rings. The Morgan fingerprint density at radius 3 is 2.03 bits per heavy atom. The van der Waals surface area contributed by atoms with Gasteiger partial charge in [-0.25, -0.2) is 0 Å². The molecule has 0 spiro atoms. The normalized spacial score (nSPS) is 16.8. The van der Waals surface area contributed by atoms with Gasteiger partial charge in [0, 0.05) is 12.1 Å². The number of aliphatic hydroxyl groups excluding tert-OH is 1. The van der Waals surface area contributed by atoms with Gasteiger partial charge in [-0.2, -0.15) is 0 Å². The largest absolute Gasteiger partial charge is 0.507 e. The van der Waals surface area contributed by atoms with Crippen LogP contribution >= 0.6 is 0 Å². The molecule has 1 atom stereocenters. The van der Waals surface area contributed by atoms with Crippen molar-refractivity contribution in [2.24, 2.45) is 0 Å². The first-order chi connectivity index (χ1) is 18.5. The highest BCUT2D eigenvalue weighted by atomic mass is 16.5. The molecule has 1 amide bonds. The predicted octanol–water partition coefficient (Wildman–Crippen LogP) is 4.53. The zero-order valence-electron chi connectivity index (χ0n) is 24.4. The molecule has 1 aliphatic heterocycles. The number of ketones is 1. The lowest BCUT2D eigenvalue weighted by atomic mass is 9.90. The van der Waals surface area contributed by atoms with Crippen molar-refractivity contribution >= 4 is 17.4 Å². The number of rotatable bonds is 11. The Labute approximate surface area is 230 Å². The molecule has 9 nitrogen and oxygen atoms in total. The SMILES string of the molecule is COc1cc(C)c(/C(O)=C2\C(=O)C(=O)N(CCCN(C)C)C2c2cc(OC)c(OC)c(OC)c2)cc1C(C)C. The van der Waals surface area contributed by atoms with Gasteiger partial charge in [0.1, 0.15) is 11.5 Å². The number of hydrogen-bond donors (Lipinski definition) is 1. The summed E-state index contributed by atoms with van der Waals surface area (Å²) in [5.41, 5.74) is 2.65. The predicted molar refractivity (Wildman–Crippen MR) is 150 cm³/mol. The maximum Gasteiger partial charge on any atom is 0.295 e. The van der Waals surface area contributed by atoms with E-state index in [1.54, 1.807) is 19.2 Å². The molecule has 1 N–H and O–H groups in total. The monoisotopic (exact) mass is 540 g/mol. The second-order valence-electron chi connectivity index (χ2n) is 10.2. The van der Waals surface area contributed by atoms with E-state index in [9.17, 15) is 14.7 Å². The quantitative estimate of drug-likeness (QED) is 0.252. The topological polar surface area (TPSA) is 97.8 Å². The van der Waals surface area contributed by atoms with Gasteiger partial charge in [-0.1, -0.05) is 13.8 Å². The number of benzene rings is 2. The minimum absolute atomic E-state index is 0.0158. The van der Waals surface area contributed by atoms with Crippen molar-refractivity contribution in [3.05, 3.63) is 52.1 Å². The molecule has 3 rings (SSSR count). The molecule has 1 heterocycles. The van der Waals surface area contributed by atoms with Gasteiger partial charge in [0.05, 0.1) is 40.1 Å². The fourth-order valence-corrected chi connectivity index (χ4v) is 5.00. The van der Waals surface area contributed by atoms with Crippen LogP contribution in [0.3, 0.4) is 0 Å². The van der Waals surface area contributed by atoms with Crippen molar-refractivity contribution in [1.82, 2.24) is 9.80 Å². The van der Waals surface area contributed by atoms with E-state index in [1.807, 2.05) is 51.9 Å². The number of carbonyl (C=O) groups is 2. The Morgan fingerprint density at radius 1 is 0.949 bits per heavy atom. The van der Waals surface area contributed by atoms with Gasteiger partial charge in [0.15, 0.2) is 11.5 Å². The summed E-state index contributed by atoms with van der Waals surface area (Å²) in [4.78, 5) is 30.5. The summed E-state index contributed by atoms with van der Waals surface area (Å²) in [6.45, 7) is 6.93. The van der Waals surface area contributed by atoms with Gasteiger partial charge in [0.2, 0.25) is 5.75 Å². The first kappa shape index (κ1) is 29.8. The smallest absolute Gasteiger partial charge is 0.295 e. The van der Waals surface area contributed by atoms with E-state index >= 15 is 0 Å². The highest BCUT2D eigenvalue weighted by Crippen LogP contribution is 2.46. The lowest BCUT2D eigenvalue weighted by molar-refractivity contribution is -0.139. The number of ether oxygens (including phenoxy) is 4. The molecule has 39 heavy (non-hydrogen) atoms. The van der Waals surface area contributed by atoms with Gasteiger partial charge < -0.3 is 33.9 Å². The fourth-order valence-electron chi connectivity index (χ4n) is 5.00. The lowest BCUT2D eigenvalue weighted by Gasteiger charge is -2.27. The Hall–Kier alpha value is -3.72. The molecule has 0 saturated carbocycles. The molecular weight excluding hydrogens is 500 g/mol. The summed E-state index contributed by atoms with van der Waals surface area (Å²) < 4.78 is 22.1. The summed E-state index contributed by atoms with van der Waals surface area (Å²) in [5, 5.41) is 11.7. The first-order valence-electron chi connectivity index (χ1n) is 12.9. The van der Waals surface area contributed by atoms with E-state index < -0.39 is 17.7 Å². The Kier molecular flexibility index (Phi) is 9.50. The summed E-state index contributed by atoms with van der Waals surface area (Å²) in [6.07, 6.45) is 0.639. The molecule has 2 aromatic carbocycles. The second-order valence-corrected chi connectivity index (χ2v) is 10.2. The van der Waals surface area contributed by atoms with E-state index in [2.05, 4.69) is 0 Å². The van der Waals surface area contributed by atoms with Crippen molar-refractivity contribution < 1.29 is 33.6 Å². The molecule has 1 aliphatic rings. The van der Waals surface area contributed by atoms with E-state index in [4.69, 9.17) is 18.9 Å². The van der Waals surface area contributed by atoms with Gasteiger partial charge in [-0.15, -0.1) is 0 Å². The van der Waals surface area contributed by atoms with Crippen LogP contribution in [0.1, 0.15) is 54.5 Å². The summed E-state index contributed by atoms with van der Waals surface area (Å²) >= 11 is 0. The summed E-state index contributed by atoms with van der Waals surface area (Å²) in [7, 11) is 10.0. The van der Waals surface area contributed by atoms with E-state index in [1.165, 1.54) is 26.2 Å². The maximum absolute atomic E-state index is 13.6. The van der Waals surface area contributed by atoms with Crippen LogP contribution in [0.4, 0.5) is 0 Å². The van der Waals surface area contributed by atoms with Crippen molar-refractivity contribution in [1.29, 1.82) is 0 Å². The molecular formula is C30H40N2O7. The van der Waals surface area contributed by atoms with Gasteiger partial charge in [0.25, 0.3) is 11.7 Å². The highest BCUT2D eigenvalue weighted by Gasteiger charge is 2.46. The van der Waals surface area contributed by atoms with Crippen LogP contribution in [0.15, 0.2) is 29.8 Å². The number of methoxy groups -OCH3 is 4. The highest BCUT2D eigenvalue weighted by molar-refractivity contribution is 6.46. The van der Waals surface area contributed by atoms with Crippen molar-refractivity contribution in [2.45, 2.75) is 39.2 Å². The van der Waals surface area contributed by atoms with E-state index in [0.717, 1.165) is 17.7 Å². The minimum atomic E-state index is -0.857. The molecule has 9 heteroatoms. The van der Waals surface area contributed by atoms with Gasteiger partial charge in [-0.3, -0.25) is 9.59 Å². The zero-order valence-corrected chi connectivity index (χ0v) is 24.4. The first-order valence-corrected chi connectivity index (χ1v) is 12.9. The number of hydrogen-bond acceptors (Lipinski definition) is 8. The van der Waals surface area contributed by atoms with Crippen molar-refractivity contribution in [3.63, 3.8) is 0 Å². The van der Waals surface area contributed by atoms with E-state index in [0.29, 0.717) is 47.1 Å². The molecule has 1 saturated heterocycles. The van der Waals surface area contributed by atoms with Gasteiger partial charge >= 0.3 is 0 Å². The second kappa shape index (κ2) is 12.4. The van der Waals surface area contributed by atoms with Crippen molar-refractivity contribution in [2.75, 3.05) is 55.6 Å². The zero-order chi connectivity index (χ0) is 29.0. The lowest BCUT2D eigenvalue weighted by Crippen LogP contribution is -2.32. The summed E-state index contributed by atoms with van der Waals surface area (Å²) in [6, 6.07) is 6.24. The summed E-state index contributed by atoms with van der Waals surface area (Å²) in [5.74, 6) is 0.324. The van der Waals surface area contributed by atoms with E-state index in [-0.39, 0.29) is 17.3 Å². The molecule has 1 unspecified atom stereocenters. The number of nitrogens with zero attached hydrogens (tertiary/aromatic N) is 2. The van der Waals surface area contributed by atoms with Crippen LogP contribution in [0.5, 0.6) is 23.0 Å². The third kappa shape index (κ3) is 5.83. The van der Waals surface area contributed by atoms with Crippen LogP contribution in [-0.4, -0.2) is 82.2 Å². The third-order valence-electron chi connectivity index (χ3n) is 7.00. The third-order valence-corrected chi connectivity index (χ3v) is 7.00. The molecule has 0 bridgehead atoms. The minimum Gasteiger partial charge on any atom is -0.507 e.